The van der Waals surface area contributed by atoms with Crippen LogP contribution in [-0.4, -0.2) is 19.5 Å². The molecule has 28 heavy (non-hydrogen) atoms. The number of aromatic amines is 1. The Labute approximate surface area is 163 Å². The summed E-state index contributed by atoms with van der Waals surface area (Å²) >= 11 is 0. The molecule has 0 saturated carbocycles. The van der Waals surface area contributed by atoms with E-state index < -0.39 is 0 Å². The first-order valence-electron chi connectivity index (χ1n) is 9.61. The Morgan fingerprint density at radius 1 is 0.857 bits per heavy atom. The predicted molar refractivity (Wildman–Crippen MR) is 115 cm³/mol. The number of aryl methyl sites for hydroxylation is 1. The van der Waals surface area contributed by atoms with Crippen LogP contribution in [0.3, 0.4) is 0 Å². The van der Waals surface area contributed by atoms with Crippen LogP contribution in [0.2, 0.25) is 0 Å². The van der Waals surface area contributed by atoms with Crippen LogP contribution in [0.15, 0.2) is 67.0 Å². The van der Waals surface area contributed by atoms with Crippen LogP contribution in [0.4, 0.5) is 0 Å². The molecule has 5 aromatic rings. The summed E-state index contributed by atoms with van der Waals surface area (Å²) in [7, 11) is 2.07. The van der Waals surface area contributed by atoms with Crippen molar-refractivity contribution in [3.05, 3.63) is 72.6 Å². The third-order valence-corrected chi connectivity index (χ3v) is 5.47. The van der Waals surface area contributed by atoms with Crippen molar-refractivity contribution in [3.8, 4) is 22.5 Å². The molecule has 0 saturated heterocycles. The fourth-order valence-corrected chi connectivity index (χ4v) is 3.84. The highest BCUT2D eigenvalue weighted by molar-refractivity contribution is 6.02. The molecular formula is C24H22N4. The first kappa shape index (κ1) is 16.8. The van der Waals surface area contributed by atoms with Gasteiger partial charge in [-0.1, -0.05) is 62.4 Å². The molecule has 0 atom stereocenters. The number of fused-ring (bicyclic) bond motifs is 3. The molecule has 0 spiro atoms. The molecule has 4 nitrogen and oxygen atoms in total. The van der Waals surface area contributed by atoms with Gasteiger partial charge >= 0.3 is 0 Å². The highest BCUT2D eigenvalue weighted by Gasteiger charge is 2.14. The summed E-state index contributed by atoms with van der Waals surface area (Å²) < 4.78 is 2.15. The molecule has 0 radical (unpaired) electrons. The molecule has 3 heterocycles. The molecule has 0 unspecified atom stereocenters. The van der Waals surface area contributed by atoms with Crippen molar-refractivity contribution in [2.45, 2.75) is 19.8 Å². The summed E-state index contributed by atoms with van der Waals surface area (Å²) in [4.78, 5) is 12.5. The standard InChI is InChI=1S/C24H22N4/c1-15(2)16-4-6-17(7-5-16)18-8-10-19(11-9-18)24-27-21-14-26-23-20(12-13-25-23)22(21)28(24)3/h4-15H,1-3H3,(H,25,26). The van der Waals surface area contributed by atoms with Gasteiger partial charge in [0.05, 0.1) is 11.7 Å². The van der Waals surface area contributed by atoms with Gasteiger partial charge in [-0.05, 0) is 28.7 Å². The average Bonchev–Trinajstić information content (AvgIpc) is 3.32. The Hall–Kier alpha value is -3.40. The highest BCUT2D eigenvalue weighted by atomic mass is 15.1. The molecule has 138 valence electrons. The molecule has 0 fully saturated rings. The van der Waals surface area contributed by atoms with Gasteiger partial charge in [0.25, 0.3) is 0 Å². The van der Waals surface area contributed by atoms with Crippen molar-refractivity contribution >= 4 is 22.1 Å². The van der Waals surface area contributed by atoms with Crippen molar-refractivity contribution < 1.29 is 0 Å². The summed E-state index contributed by atoms with van der Waals surface area (Å²) in [5.41, 5.74) is 7.83. The number of benzene rings is 2. The van der Waals surface area contributed by atoms with Crippen molar-refractivity contribution in [2.75, 3.05) is 0 Å². The summed E-state index contributed by atoms with van der Waals surface area (Å²) in [6.07, 6.45) is 3.76. The van der Waals surface area contributed by atoms with Gasteiger partial charge in [-0.2, -0.15) is 0 Å². The molecule has 0 aliphatic heterocycles. The number of pyridine rings is 1. The van der Waals surface area contributed by atoms with E-state index in [0.29, 0.717) is 5.92 Å². The zero-order valence-electron chi connectivity index (χ0n) is 16.3. The summed E-state index contributed by atoms with van der Waals surface area (Å²) in [5.74, 6) is 1.50. The number of aromatic nitrogens is 4. The number of nitrogens with zero attached hydrogens (tertiary/aromatic N) is 3. The van der Waals surface area contributed by atoms with Crippen LogP contribution in [0.25, 0.3) is 44.6 Å². The first-order valence-corrected chi connectivity index (χ1v) is 9.61. The number of H-pyrrole nitrogens is 1. The fraction of sp³-hybridized carbons (Fsp3) is 0.167. The predicted octanol–water partition coefficient (Wildman–Crippen LogP) is 5.91. The maximum atomic E-state index is 4.83. The van der Waals surface area contributed by atoms with Gasteiger partial charge in [-0.15, -0.1) is 0 Å². The minimum absolute atomic E-state index is 0.551. The maximum absolute atomic E-state index is 4.83. The lowest BCUT2D eigenvalue weighted by Crippen LogP contribution is -1.93. The molecular weight excluding hydrogens is 344 g/mol. The van der Waals surface area contributed by atoms with Crippen molar-refractivity contribution in [3.63, 3.8) is 0 Å². The highest BCUT2D eigenvalue weighted by Crippen LogP contribution is 2.30. The second-order valence-electron chi connectivity index (χ2n) is 7.58. The molecule has 2 aromatic carbocycles. The number of hydrogen-bond acceptors (Lipinski definition) is 2. The summed E-state index contributed by atoms with van der Waals surface area (Å²) in [6.45, 7) is 4.44. The van der Waals surface area contributed by atoms with Crippen molar-refractivity contribution in [1.29, 1.82) is 0 Å². The Kier molecular flexibility index (Phi) is 3.79. The van der Waals surface area contributed by atoms with Crippen LogP contribution >= 0.6 is 0 Å². The van der Waals surface area contributed by atoms with Crippen molar-refractivity contribution in [2.24, 2.45) is 7.05 Å². The number of hydrogen-bond donors (Lipinski definition) is 1. The van der Waals surface area contributed by atoms with Crippen LogP contribution < -0.4 is 0 Å². The number of rotatable bonds is 3. The lowest BCUT2D eigenvalue weighted by molar-refractivity contribution is 0.867. The maximum Gasteiger partial charge on any atom is 0.140 e. The van der Waals surface area contributed by atoms with Crippen LogP contribution in [0.1, 0.15) is 25.3 Å². The number of nitrogens with one attached hydrogen (secondary N) is 1. The minimum atomic E-state index is 0.551. The Bertz CT molecular complexity index is 1270. The van der Waals surface area contributed by atoms with E-state index in [0.717, 1.165) is 33.5 Å². The van der Waals surface area contributed by atoms with Gasteiger partial charge in [-0.25, -0.2) is 9.97 Å². The van der Waals surface area contributed by atoms with E-state index in [2.05, 4.69) is 90.0 Å². The van der Waals surface area contributed by atoms with E-state index in [1.54, 1.807) is 0 Å². The van der Waals surface area contributed by atoms with E-state index in [9.17, 15) is 0 Å². The lowest BCUT2D eigenvalue weighted by Gasteiger charge is -2.08. The van der Waals surface area contributed by atoms with Gasteiger partial charge in [0, 0.05) is 24.2 Å². The summed E-state index contributed by atoms with van der Waals surface area (Å²) in [6, 6.07) is 19.5. The van der Waals surface area contributed by atoms with Gasteiger partial charge < -0.3 is 9.55 Å². The zero-order chi connectivity index (χ0) is 19.3. The molecule has 3 aromatic heterocycles. The van der Waals surface area contributed by atoms with E-state index in [1.807, 2.05) is 12.4 Å². The van der Waals surface area contributed by atoms with Crippen LogP contribution in [0.5, 0.6) is 0 Å². The quantitative estimate of drug-likeness (QED) is 0.432. The first-order chi connectivity index (χ1) is 13.6. The third kappa shape index (κ3) is 2.61. The summed E-state index contributed by atoms with van der Waals surface area (Å²) in [5, 5.41) is 1.10. The Morgan fingerprint density at radius 2 is 1.50 bits per heavy atom. The molecule has 1 N–H and O–H groups in total. The van der Waals surface area contributed by atoms with Gasteiger partial charge in [0.1, 0.15) is 17.0 Å². The topological polar surface area (TPSA) is 46.5 Å². The number of imidazole rings is 1. The van der Waals surface area contributed by atoms with E-state index >= 15 is 0 Å². The van der Waals surface area contributed by atoms with Gasteiger partial charge in [-0.3, -0.25) is 0 Å². The molecule has 5 rings (SSSR count). The SMILES string of the molecule is CC(C)c1ccc(-c2ccc(-c3nc4cnc5[nH]ccc5c4n3C)cc2)cc1. The largest absolute Gasteiger partial charge is 0.346 e. The third-order valence-electron chi connectivity index (χ3n) is 5.47. The fourth-order valence-electron chi connectivity index (χ4n) is 3.84. The molecule has 4 heteroatoms. The van der Waals surface area contributed by atoms with E-state index in [1.165, 1.54) is 16.7 Å². The van der Waals surface area contributed by atoms with Gasteiger partial charge in [0.15, 0.2) is 0 Å². The molecule has 0 aliphatic carbocycles. The van der Waals surface area contributed by atoms with Crippen LogP contribution in [0, 0.1) is 0 Å². The smallest absolute Gasteiger partial charge is 0.140 e. The van der Waals surface area contributed by atoms with Crippen molar-refractivity contribution in [1.82, 2.24) is 19.5 Å². The monoisotopic (exact) mass is 366 g/mol. The van der Waals surface area contributed by atoms with E-state index in [4.69, 9.17) is 4.98 Å². The average molecular weight is 366 g/mol. The Balaban J connectivity index is 1.54. The van der Waals surface area contributed by atoms with Gasteiger partial charge in [0.2, 0.25) is 0 Å². The minimum Gasteiger partial charge on any atom is -0.346 e. The Morgan fingerprint density at radius 3 is 2.18 bits per heavy atom. The molecule has 0 aliphatic rings. The second-order valence-corrected chi connectivity index (χ2v) is 7.58. The van der Waals surface area contributed by atoms with Crippen LogP contribution in [-0.2, 0) is 7.05 Å². The lowest BCUT2D eigenvalue weighted by atomic mass is 9.98. The zero-order valence-corrected chi connectivity index (χ0v) is 16.3. The molecule has 0 bridgehead atoms. The normalized spacial score (nSPS) is 11.7. The molecule has 0 amide bonds. The second kappa shape index (κ2) is 6.34. The van der Waals surface area contributed by atoms with E-state index in [-0.39, 0.29) is 0 Å².